The number of carbonyl (C=O) groups is 3. The summed E-state index contributed by atoms with van der Waals surface area (Å²) in [5.41, 5.74) is 2.14. The number of nitrogens with zero attached hydrogens (tertiary/aromatic N) is 1. The Balaban J connectivity index is 1.85. The molecule has 1 aromatic carbocycles. The van der Waals surface area contributed by atoms with E-state index in [-0.39, 0.29) is 43.1 Å². The van der Waals surface area contributed by atoms with Gasteiger partial charge in [0, 0.05) is 12.3 Å². The number of carbonyl (C=O) groups excluding carboxylic acids is 3. The van der Waals surface area contributed by atoms with Crippen molar-refractivity contribution in [2.24, 2.45) is 5.92 Å². The van der Waals surface area contributed by atoms with Crippen LogP contribution in [0.3, 0.4) is 0 Å². The lowest BCUT2D eigenvalue weighted by Gasteiger charge is -2.15. The third-order valence-electron chi connectivity index (χ3n) is 3.91. The van der Waals surface area contributed by atoms with Crippen molar-refractivity contribution >= 4 is 17.7 Å². The first-order valence-corrected chi connectivity index (χ1v) is 7.58. The predicted molar refractivity (Wildman–Crippen MR) is 82.9 cm³/mol. The summed E-state index contributed by atoms with van der Waals surface area (Å²) in [6.45, 7) is 5.92. The molecule has 22 heavy (non-hydrogen) atoms. The van der Waals surface area contributed by atoms with Gasteiger partial charge in [0.05, 0.1) is 6.42 Å². The number of rotatable bonds is 5. The van der Waals surface area contributed by atoms with Crippen molar-refractivity contribution in [1.82, 2.24) is 10.2 Å². The molecule has 0 saturated carbocycles. The minimum absolute atomic E-state index is 0.0368. The molecular weight excluding hydrogens is 280 g/mol. The zero-order chi connectivity index (χ0) is 16.3. The smallest absolute Gasteiger partial charge is 0.234 e. The zero-order valence-electron chi connectivity index (χ0n) is 13.3. The van der Waals surface area contributed by atoms with Crippen LogP contribution >= 0.6 is 0 Å². The van der Waals surface area contributed by atoms with Gasteiger partial charge in [-0.2, -0.15) is 0 Å². The molecular formula is C17H22N2O3. The molecule has 0 spiro atoms. The molecule has 0 aliphatic carbocycles. The monoisotopic (exact) mass is 302 g/mol. The van der Waals surface area contributed by atoms with Crippen molar-refractivity contribution in [3.8, 4) is 0 Å². The summed E-state index contributed by atoms with van der Waals surface area (Å²) in [6.07, 6.45) is 0.468. The normalized spacial score (nSPS) is 18.2. The van der Waals surface area contributed by atoms with Crippen LogP contribution in [0.25, 0.3) is 0 Å². The molecule has 118 valence electrons. The first-order chi connectivity index (χ1) is 10.4. The van der Waals surface area contributed by atoms with E-state index in [0.29, 0.717) is 5.92 Å². The van der Waals surface area contributed by atoms with Crippen LogP contribution in [-0.4, -0.2) is 29.3 Å². The van der Waals surface area contributed by atoms with E-state index in [2.05, 4.69) is 19.2 Å². The Morgan fingerprint density at radius 2 is 1.91 bits per heavy atom. The molecule has 1 aliphatic heterocycles. The van der Waals surface area contributed by atoms with E-state index >= 15 is 0 Å². The number of nitrogens with one attached hydrogen (secondary N) is 1. The number of hydrogen-bond donors (Lipinski definition) is 1. The van der Waals surface area contributed by atoms with E-state index in [1.165, 1.54) is 5.56 Å². The SMILES string of the molecule is CC1CC(=O)N(CNC(=O)Cc2ccc(C(C)C)cc2)C1=O. The Morgan fingerprint density at radius 1 is 1.27 bits per heavy atom. The summed E-state index contributed by atoms with van der Waals surface area (Å²) in [7, 11) is 0. The van der Waals surface area contributed by atoms with E-state index in [1.807, 2.05) is 24.3 Å². The summed E-state index contributed by atoms with van der Waals surface area (Å²) in [6, 6.07) is 7.90. The van der Waals surface area contributed by atoms with Crippen molar-refractivity contribution < 1.29 is 14.4 Å². The highest BCUT2D eigenvalue weighted by molar-refractivity contribution is 6.03. The Kier molecular flexibility index (Phi) is 4.96. The van der Waals surface area contributed by atoms with Crippen LogP contribution in [0, 0.1) is 5.92 Å². The highest BCUT2D eigenvalue weighted by atomic mass is 16.2. The van der Waals surface area contributed by atoms with Gasteiger partial charge < -0.3 is 5.32 Å². The minimum Gasteiger partial charge on any atom is -0.338 e. The van der Waals surface area contributed by atoms with Gasteiger partial charge in [-0.05, 0) is 17.0 Å². The molecule has 3 amide bonds. The zero-order valence-corrected chi connectivity index (χ0v) is 13.3. The molecule has 1 aliphatic rings. The summed E-state index contributed by atoms with van der Waals surface area (Å²) in [5.74, 6) is -0.465. The average Bonchev–Trinajstić information content (AvgIpc) is 2.70. The molecule has 1 atom stereocenters. The lowest BCUT2D eigenvalue weighted by molar-refractivity contribution is -0.140. The van der Waals surface area contributed by atoms with Crippen LogP contribution in [0.1, 0.15) is 44.2 Å². The second-order valence-corrected chi connectivity index (χ2v) is 6.10. The predicted octanol–water partition coefficient (Wildman–Crippen LogP) is 1.82. The average molecular weight is 302 g/mol. The fourth-order valence-electron chi connectivity index (χ4n) is 2.45. The maximum absolute atomic E-state index is 11.9. The van der Waals surface area contributed by atoms with Crippen molar-refractivity contribution in [2.75, 3.05) is 6.67 Å². The standard InChI is InChI=1S/C17H22N2O3/c1-11(2)14-6-4-13(5-7-14)9-15(20)18-10-19-16(21)8-12(3)17(19)22/h4-7,11-12H,8-10H2,1-3H3,(H,18,20). The summed E-state index contributed by atoms with van der Waals surface area (Å²) >= 11 is 0. The molecule has 1 N–H and O–H groups in total. The van der Waals surface area contributed by atoms with E-state index in [1.54, 1.807) is 6.92 Å². The molecule has 1 fully saturated rings. The van der Waals surface area contributed by atoms with Gasteiger partial charge in [-0.15, -0.1) is 0 Å². The maximum atomic E-state index is 11.9. The largest absolute Gasteiger partial charge is 0.338 e. The number of likely N-dealkylation sites (tertiary alicyclic amines) is 1. The first kappa shape index (κ1) is 16.2. The molecule has 0 bridgehead atoms. The second-order valence-electron chi connectivity index (χ2n) is 6.10. The maximum Gasteiger partial charge on any atom is 0.234 e. The number of imide groups is 1. The fraction of sp³-hybridized carbons (Fsp3) is 0.471. The summed E-state index contributed by atoms with van der Waals surface area (Å²) in [5, 5.41) is 2.64. The Labute approximate surface area is 130 Å². The van der Waals surface area contributed by atoms with Crippen LogP contribution in [0.5, 0.6) is 0 Å². The van der Waals surface area contributed by atoms with Crippen LogP contribution in [-0.2, 0) is 20.8 Å². The molecule has 0 aromatic heterocycles. The number of amides is 3. The number of benzene rings is 1. The van der Waals surface area contributed by atoms with Crippen molar-refractivity contribution in [3.63, 3.8) is 0 Å². The van der Waals surface area contributed by atoms with E-state index in [4.69, 9.17) is 0 Å². The van der Waals surface area contributed by atoms with Gasteiger partial charge in [-0.25, -0.2) is 0 Å². The molecule has 1 saturated heterocycles. The summed E-state index contributed by atoms with van der Waals surface area (Å²) in [4.78, 5) is 36.4. The van der Waals surface area contributed by atoms with Crippen molar-refractivity contribution in [1.29, 1.82) is 0 Å². The first-order valence-electron chi connectivity index (χ1n) is 7.58. The lowest BCUT2D eigenvalue weighted by atomic mass is 10.0. The molecule has 1 unspecified atom stereocenters. The molecule has 1 aromatic rings. The highest BCUT2D eigenvalue weighted by Crippen LogP contribution is 2.18. The third-order valence-corrected chi connectivity index (χ3v) is 3.91. The van der Waals surface area contributed by atoms with E-state index in [0.717, 1.165) is 10.5 Å². The van der Waals surface area contributed by atoms with E-state index in [9.17, 15) is 14.4 Å². The lowest BCUT2D eigenvalue weighted by Crippen LogP contribution is -2.41. The molecule has 0 radical (unpaired) electrons. The van der Waals surface area contributed by atoms with Crippen molar-refractivity contribution in [3.05, 3.63) is 35.4 Å². The minimum atomic E-state index is -0.284. The molecule has 1 heterocycles. The Bertz CT molecular complexity index is 578. The Morgan fingerprint density at radius 3 is 2.41 bits per heavy atom. The summed E-state index contributed by atoms with van der Waals surface area (Å²) < 4.78 is 0. The van der Waals surface area contributed by atoms with Crippen LogP contribution in [0.15, 0.2) is 24.3 Å². The number of hydrogen-bond acceptors (Lipinski definition) is 3. The van der Waals surface area contributed by atoms with Gasteiger partial charge in [0.15, 0.2) is 0 Å². The van der Waals surface area contributed by atoms with Crippen LogP contribution < -0.4 is 5.32 Å². The molecule has 5 nitrogen and oxygen atoms in total. The Hall–Kier alpha value is -2.17. The van der Waals surface area contributed by atoms with Crippen molar-refractivity contribution in [2.45, 2.75) is 39.5 Å². The highest BCUT2D eigenvalue weighted by Gasteiger charge is 2.35. The van der Waals surface area contributed by atoms with Gasteiger partial charge in [-0.1, -0.05) is 45.0 Å². The van der Waals surface area contributed by atoms with Crippen LogP contribution in [0.2, 0.25) is 0 Å². The van der Waals surface area contributed by atoms with Gasteiger partial charge in [0.1, 0.15) is 6.67 Å². The van der Waals surface area contributed by atoms with Gasteiger partial charge >= 0.3 is 0 Å². The van der Waals surface area contributed by atoms with Gasteiger partial charge in [0.25, 0.3) is 0 Å². The second kappa shape index (κ2) is 6.73. The fourth-order valence-corrected chi connectivity index (χ4v) is 2.45. The third kappa shape index (κ3) is 3.72. The van der Waals surface area contributed by atoms with Crippen LogP contribution in [0.4, 0.5) is 0 Å². The quantitative estimate of drug-likeness (QED) is 0.844. The topological polar surface area (TPSA) is 66.5 Å². The van der Waals surface area contributed by atoms with E-state index < -0.39 is 0 Å². The van der Waals surface area contributed by atoms with Gasteiger partial charge in [0.2, 0.25) is 17.7 Å². The van der Waals surface area contributed by atoms with Gasteiger partial charge in [-0.3, -0.25) is 19.3 Å². The molecule has 5 heteroatoms. The molecule has 2 rings (SSSR count).